The summed E-state index contributed by atoms with van der Waals surface area (Å²) in [6.45, 7) is 4.88. The van der Waals surface area contributed by atoms with Crippen molar-refractivity contribution in [2.24, 2.45) is 0 Å². The molecule has 2 aliphatic rings. The fourth-order valence-corrected chi connectivity index (χ4v) is 12.1. The SMILES string of the molecule is CC1(n2c3ccccc3c3ccccc32)C=C(n2c3ccccc3c3ccccc32)C=CC1=C1C=CC(n2c3ccccc3c3ccccc32)=CC1(C)n1c2ccccc2c2ccccc21. The summed E-state index contributed by atoms with van der Waals surface area (Å²) in [6.07, 6.45) is 14.7. The Morgan fingerprint density at radius 1 is 0.258 bits per heavy atom. The summed E-state index contributed by atoms with van der Waals surface area (Å²) < 4.78 is 10.2. The molecule has 0 amide bonds. The molecular formula is C62H44N4. The number of rotatable bonds is 4. The average Bonchev–Trinajstić information content (AvgIpc) is 4.10. The molecule has 4 aromatic heterocycles. The normalized spacial score (nSPS) is 20.0. The molecule has 4 heteroatoms. The number of nitrogens with zero attached hydrogens (tertiary/aromatic N) is 4. The minimum Gasteiger partial charge on any atom is -0.327 e. The second kappa shape index (κ2) is 13.6. The molecule has 2 aliphatic carbocycles. The van der Waals surface area contributed by atoms with E-state index in [-0.39, 0.29) is 0 Å². The molecule has 2 atom stereocenters. The Morgan fingerprint density at radius 2 is 0.470 bits per heavy atom. The van der Waals surface area contributed by atoms with Crippen molar-refractivity contribution in [2.45, 2.75) is 24.9 Å². The highest BCUT2D eigenvalue weighted by atomic mass is 15.1. The molecular weight excluding hydrogens is 801 g/mol. The topological polar surface area (TPSA) is 19.7 Å². The first-order valence-corrected chi connectivity index (χ1v) is 23.0. The molecule has 14 rings (SSSR count). The Morgan fingerprint density at radius 3 is 0.727 bits per heavy atom. The first kappa shape index (κ1) is 37.1. The summed E-state index contributed by atoms with van der Waals surface area (Å²) in [6, 6.07) is 71.1. The average molecular weight is 845 g/mol. The Kier molecular flexibility index (Phi) is 7.63. The van der Waals surface area contributed by atoms with E-state index < -0.39 is 11.1 Å². The van der Waals surface area contributed by atoms with Crippen molar-refractivity contribution in [2.75, 3.05) is 0 Å². The largest absolute Gasteiger partial charge is 0.327 e. The standard InChI is InChI=1S/C62H44N4/c1-61(65-57-31-15-7-23-47(57)48-24-8-16-32-58(48)65)39-41(63-53-27-11-3-19-43(53)44-20-4-12-28-54(44)63)35-37-51(61)52-38-36-42(64-55-29-13-5-21-45(55)46-22-6-14-30-56(46)64)40-62(52,2)66-59-33-17-9-25-49(59)50-26-10-18-34-60(50)66/h3-40H,1-2H3. The molecule has 312 valence electrons. The minimum absolute atomic E-state index is 0.683. The number of allylic oxidation sites excluding steroid dienone is 10. The lowest BCUT2D eigenvalue weighted by molar-refractivity contribution is 0.476. The van der Waals surface area contributed by atoms with Crippen LogP contribution in [0.25, 0.3) is 98.6 Å². The van der Waals surface area contributed by atoms with E-state index in [4.69, 9.17) is 0 Å². The molecule has 0 aliphatic heterocycles. The molecule has 0 fully saturated rings. The van der Waals surface area contributed by atoms with Gasteiger partial charge in [0.1, 0.15) is 0 Å². The first-order chi connectivity index (χ1) is 32.5. The van der Waals surface area contributed by atoms with Gasteiger partial charge in [0, 0.05) is 54.5 Å². The van der Waals surface area contributed by atoms with Crippen molar-refractivity contribution in [3.8, 4) is 0 Å². The van der Waals surface area contributed by atoms with Crippen LogP contribution in [0, 0.1) is 0 Å². The summed E-state index contributed by atoms with van der Waals surface area (Å²) in [7, 11) is 0. The Hall–Kier alpha value is -8.34. The van der Waals surface area contributed by atoms with Crippen LogP contribution < -0.4 is 0 Å². The van der Waals surface area contributed by atoms with Gasteiger partial charge in [0.25, 0.3) is 0 Å². The van der Waals surface area contributed by atoms with E-state index in [1.807, 2.05) is 0 Å². The van der Waals surface area contributed by atoms with Crippen molar-refractivity contribution in [1.82, 2.24) is 18.3 Å². The fourth-order valence-electron chi connectivity index (χ4n) is 12.1. The van der Waals surface area contributed by atoms with Crippen LogP contribution in [-0.4, -0.2) is 18.3 Å². The Labute approximate surface area is 381 Å². The predicted molar refractivity (Wildman–Crippen MR) is 279 cm³/mol. The molecule has 8 aromatic carbocycles. The number of para-hydroxylation sites is 8. The van der Waals surface area contributed by atoms with Crippen molar-refractivity contribution >= 4 is 98.6 Å². The van der Waals surface area contributed by atoms with Gasteiger partial charge in [-0.3, -0.25) is 0 Å². The molecule has 4 nitrogen and oxygen atoms in total. The van der Waals surface area contributed by atoms with Crippen LogP contribution in [0.2, 0.25) is 0 Å². The van der Waals surface area contributed by atoms with E-state index in [1.54, 1.807) is 0 Å². The molecule has 0 bridgehead atoms. The van der Waals surface area contributed by atoms with Crippen molar-refractivity contribution in [3.63, 3.8) is 0 Å². The number of hydrogen-bond acceptors (Lipinski definition) is 0. The third kappa shape index (κ3) is 4.93. The molecule has 4 heterocycles. The van der Waals surface area contributed by atoms with Gasteiger partial charge in [-0.05, 0) is 97.8 Å². The predicted octanol–water partition coefficient (Wildman–Crippen LogP) is 15.8. The van der Waals surface area contributed by atoms with Gasteiger partial charge in [0.2, 0.25) is 0 Å². The van der Waals surface area contributed by atoms with Gasteiger partial charge in [-0.25, -0.2) is 0 Å². The summed E-state index contributed by atoms with van der Waals surface area (Å²) in [5, 5.41) is 10.00. The van der Waals surface area contributed by atoms with E-state index >= 15 is 0 Å². The zero-order valence-electron chi connectivity index (χ0n) is 36.7. The zero-order valence-corrected chi connectivity index (χ0v) is 36.7. The maximum atomic E-state index is 2.61. The quantitative estimate of drug-likeness (QED) is 0.168. The molecule has 0 saturated carbocycles. The summed E-state index contributed by atoms with van der Waals surface area (Å²) >= 11 is 0. The molecule has 66 heavy (non-hydrogen) atoms. The van der Waals surface area contributed by atoms with Crippen LogP contribution in [0.1, 0.15) is 13.8 Å². The van der Waals surface area contributed by atoms with Gasteiger partial charge in [0.05, 0.1) is 55.2 Å². The van der Waals surface area contributed by atoms with E-state index in [9.17, 15) is 0 Å². The summed E-state index contributed by atoms with van der Waals surface area (Å²) in [4.78, 5) is 0. The summed E-state index contributed by atoms with van der Waals surface area (Å²) in [5.41, 5.74) is 13.0. The van der Waals surface area contributed by atoms with Crippen LogP contribution in [0.3, 0.4) is 0 Å². The van der Waals surface area contributed by atoms with Gasteiger partial charge in [-0.2, -0.15) is 0 Å². The van der Waals surface area contributed by atoms with Crippen LogP contribution in [-0.2, 0) is 11.1 Å². The second-order valence-corrected chi connectivity index (χ2v) is 18.4. The summed E-state index contributed by atoms with van der Waals surface area (Å²) in [5.74, 6) is 0. The molecule has 0 spiro atoms. The lowest BCUT2D eigenvalue weighted by Gasteiger charge is -2.42. The third-order valence-electron chi connectivity index (χ3n) is 14.8. The lowest BCUT2D eigenvalue weighted by Crippen LogP contribution is -2.38. The monoisotopic (exact) mass is 844 g/mol. The molecule has 12 aromatic rings. The van der Waals surface area contributed by atoms with Crippen LogP contribution in [0.5, 0.6) is 0 Å². The van der Waals surface area contributed by atoms with Crippen LogP contribution in [0.15, 0.2) is 242 Å². The van der Waals surface area contributed by atoms with E-state index in [0.717, 1.165) is 11.4 Å². The number of hydrogen-bond donors (Lipinski definition) is 0. The Balaban J connectivity index is 1.12. The van der Waals surface area contributed by atoms with E-state index in [0.29, 0.717) is 0 Å². The molecule has 0 saturated heterocycles. The first-order valence-electron chi connectivity index (χ1n) is 23.0. The number of aromatic nitrogens is 4. The van der Waals surface area contributed by atoms with Crippen molar-refractivity contribution in [3.05, 3.63) is 242 Å². The maximum Gasteiger partial charge on any atom is 0.0885 e. The zero-order chi connectivity index (χ0) is 43.7. The highest BCUT2D eigenvalue weighted by molar-refractivity contribution is 6.13. The van der Waals surface area contributed by atoms with E-state index in [2.05, 4.69) is 263 Å². The fraction of sp³-hybridized carbons (Fsp3) is 0.0645. The highest BCUT2D eigenvalue weighted by Gasteiger charge is 2.42. The highest BCUT2D eigenvalue weighted by Crippen LogP contribution is 2.51. The molecule has 2 unspecified atom stereocenters. The smallest absolute Gasteiger partial charge is 0.0885 e. The maximum absolute atomic E-state index is 2.61. The number of benzene rings is 8. The molecule has 0 N–H and O–H groups in total. The van der Waals surface area contributed by atoms with E-state index in [1.165, 1.54) is 98.4 Å². The second-order valence-electron chi connectivity index (χ2n) is 18.4. The van der Waals surface area contributed by atoms with Gasteiger partial charge in [0.15, 0.2) is 0 Å². The molecule has 0 radical (unpaired) electrons. The third-order valence-corrected chi connectivity index (χ3v) is 14.8. The van der Waals surface area contributed by atoms with Crippen LogP contribution >= 0.6 is 0 Å². The minimum atomic E-state index is -0.683. The van der Waals surface area contributed by atoms with Gasteiger partial charge in [-0.1, -0.05) is 158 Å². The lowest BCUT2D eigenvalue weighted by atomic mass is 9.74. The van der Waals surface area contributed by atoms with Crippen LogP contribution in [0.4, 0.5) is 0 Å². The number of fused-ring (bicyclic) bond motifs is 12. The Bertz CT molecular complexity index is 3720. The van der Waals surface area contributed by atoms with Gasteiger partial charge >= 0.3 is 0 Å². The van der Waals surface area contributed by atoms with Crippen molar-refractivity contribution < 1.29 is 0 Å². The van der Waals surface area contributed by atoms with Crippen molar-refractivity contribution in [1.29, 1.82) is 0 Å². The van der Waals surface area contributed by atoms with Gasteiger partial charge in [-0.15, -0.1) is 0 Å². The van der Waals surface area contributed by atoms with Gasteiger partial charge < -0.3 is 18.3 Å².